The van der Waals surface area contributed by atoms with E-state index in [1.54, 1.807) is 12.5 Å². The molecule has 7 heteroatoms. The van der Waals surface area contributed by atoms with Gasteiger partial charge in [-0.15, -0.1) is 0 Å². The third-order valence-electron chi connectivity index (χ3n) is 3.48. The second-order valence-electron chi connectivity index (χ2n) is 5.05. The molecule has 0 spiro atoms. The molecule has 1 aromatic carbocycles. The van der Waals surface area contributed by atoms with E-state index in [0.29, 0.717) is 11.3 Å². The van der Waals surface area contributed by atoms with Crippen LogP contribution in [0.15, 0.2) is 54.2 Å². The van der Waals surface area contributed by atoms with Crippen molar-refractivity contribution in [3.8, 4) is 0 Å². The number of nitrogens with zero attached hydrogens (tertiary/aromatic N) is 6. The highest BCUT2D eigenvalue weighted by atomic mass is 15.3. The van der Waals surface area contributed by atoms with Crippen LogP contribution in [-0.4, -0.2) is 30.7 Å². The monoisotopic (exact) mass is 303 g/mol. The van der Waals surface area contributed by atoms with Crippen LogP contribution in [0.3, 0.4) is 0 Å². The molecule has 0 unspecified atom stereocenters. The van der Waals surface area contributed by atoms with E-state index in [1.807, 2.05) is 48.0 Å². The third kappa shape index (κ3) is 2.48. The van der Waals surface area contributed by atoms with Gasteiger partial charge in [0.1, 0.15) is 6.33 Å². The van der Waals surface area contributed by atoms with Crippen molar-refractivity contribution in [1.82, 2.24) is 24.5 Å². The van der Waals surface area contributed by atoms with E-state index in [4.69, 9.17) is 0 Å². The number of hydrogen-bond acceptors (Lipinski definition) is 6. The molecule has 0 aliphatic rings. The Kier molecular flexibility index (Phi) is 3.16. The first-order valence-electron chi connectivity index (χ1n) is 7.08. The van der Waals surface area contributed by atoms with Crippen LogP contribution in [0.25, 0.3) is 22.1 Å². The second-order valence-corrected chi connectivity index (χ2v) is 5.05. The average molecular weight is 303 g/mol. The zero-order valence-corrected chi connectivity index (χ0v) is 12.4. The third-order valence-corrected chi connectivity index (χ3v) is 3.48. The summed E-state index contributed by atoms with van der Waals surface area (Å²) in [6.45, 7) is 0. The van der Waals surface area contributed by atoms with Gasteiger partial charge in [0.05, 0.1) is 23.8 Å². The molecule has 112 valence electrons. The van der Waals surface area contributed by atoms with Gasteiger partial charge in [-0.2, -0.15) is 5.10 Å². The maximum absolute atomic E-state index is 4.53. The van der Waals surface area contributed by atoms with Crippen LogP contribution >= 0.6 is 0 Å². The predicted molar refractivity (Wildman–Crippen MR) is 89.3 cm³/mol. The van der Waals surface area contributed by atoms with Gasteiger partial charge in [0.15, 0.2) is 17.0 Å². The molecule has 0 amide bonds. The molecule has 0 aliphatic heterocycles. The lowest BCUT2D eigenvalue weighted by atomic mass is 10.2. The zero-order valence-electron chi connectivity index (χ0n) is 12.4. The summed E-state index contributed by atoms with van der Waals surface area (Å²) in [7, 11) is 1.88. The second kappa shape index (κ2) is 5.45. The Morgan fingerprint density at radius 3 is 2.96 bits per heavy atom. The molecule has 0 atom stereocenters. The topological polar surface area (TPSA) is 80.9 Å². The normalized spacial score (nSPS) is 11.5. The van der Waals surface area contributed by atoms with Crippen molar-refractivity contribution in [2.45, 2.75) is 0 Å². The van der Waals surface area contributed by atoms with Crippen LogP contribution in [0.2, 0.25) is 0 Å². The highest BCUT2D eigenvalue weighted by Crippen LogP contribution is 2.16. The van der Waals surface area contributed by atoms with Crippen molar-refractivity contribution in [3.05, 3.63) is 54.7 Å². The molecule has 0 saturated heterocycles. The molecule has 0 fully saturated rings. The Labute approximate surface area is 131 Å². The van der Waals surface area contributed by atoms with E-state index in [2.05, 4.69) is 30.5 Å². The molecule has 23 heavy (non-hydrogen) atoms. The van der Waals surface area contributed by atoms with Gasteiger partial charge in [-0.05, 0) is 12.1 Å². The van der Waals surface area contributed by atoms with E-state index in [1.165, 1.54) is 6.33 Å². The molecule has 7 nitrogen and oxygen atoms in total. The predicted octanol–water partition coefficient (Wildman–Crippen LogP) is 2.36. The Bertz CT molecular complexity index is 1020. The quantitative estimate of drug-likeness (QED) is 0.464. The fourth-order valence-corrected chi connectivity index (χ4v) is 2.34. The van der Waals surface area contributed by atoms with Crippen LogP contribution < -0.4 is 5.43 Å². The van der Waals surface area contributed by atoms with E-state index >= 15 is 0 Å². The highest BCUT2D eigenvalue weighted by Gasteiger charge is 2.06. The van der Waals surface area contributed by atoms with Gasteiger partial charge in [-0.25, -0.2) is 19.9 Å². The Morgan fingerprint density at radius 2 is 2.00 bits per heavy atom. The summed E-state index contributed by atoms with van der Waals surface area (Å²) in [5.74, 6) is 0.563. The number of aryl methyl sites for hydroxylation is 1. The van der Waals surface area contributed by atoms with Crippen LogP contribution in [0.5, 0.6) is 0 Å². The van der Waals surface area contributed by atoms with Crippen LogP contribution in [-0.2, 0) is 7.05 Å². The largest absolute Gasteiger partial charge is 0.318 e. The van der Waals surface area contributed by atoms with Crippen molar-refractivity contribution in [2.24, 2.45) is 12.1 Å². The van der Waals surface area contributed by atoms with Crippen LogP contribution in [0.1, 0.15) is 5.69 Å². The molecular formula is C16H13N7. The van der Waals surface area contributed by atoms with Gasteiger partial charge in [-0.3, -0.25) is 5.43 Å². The SMILES string of the molecule is Cn1cnc2c(N/N=C\c3ccc4ccccc4n3)ncnc21. The van der Waals surface area contributed by atoms with E-state index in [9.17, 15) is 0 Å². The van der Waals surface area contributed by atoms with Gasteiger partial charge >= 0.3 is 0 Å². The first-order valence-corrected chi connectivity index (χ1v) is 7.08. The molecule has 4 aromatic rings. The Balaban J connectivity index is 1.60. The molecule has 0 aliphatic carbocycles. The minimum absolute atomic E-state index is 0.563. The average Bonchev–Trinajstić information content (AvgIpc) is 2.97. The molecule has 3 aromatic heterocycles. The van der Waals surface area contributed by atoms with Gasteiger partial charge in [0.25, 0.3) is 0 Å². The van der Waals surface area contributed by atoms with Crippen molar-refractivity contribution >= 4 is 34.1 Å². The summed E-state index contributed by atoms with van der Waals surface area (Å²) in [5.41, 5.74) is 6.03. The number of rotatable bonds is 3. The summed E-state index contributed by atoms with van der Waals surface area (Å²) in [6.07, 6.45) is 4.83. The number of para-hydroxylation sites is 1. The molecule has 0 bridgehead atoms. The summed E-state index contributed by atoms with van der Waals surface area (Å²) >= 11 is 0. The van der Waals surface area contributed by atoms with Gasteiger partial charge in [0.2, 0.25) is 0 Å². The van der Waals surface area contributed by atoms with E-state index in [0.717, 1.165) is 22.2 Å². The first kappa shape index (κ1) is 13.3. The molecule has 0 radical (unpaired) electrons. The van der Waals surface area contributed by atoms with Crippen molar-refractivity contribution in [1.29, 1.82) is 0 Å². The number of pyridine rings is 1. The summed E-state index contributed by atoms with van der Waals surface area (Å²) < 4.78 is 1.83. The molecule has 4 rings (SSSR count). The lowest BCUT2D eigenvalue weighted by Gasteiger charge is -2.00. The Hall–Kier alpha value is -3.35. The standard InChI is InChI=1S/C16H13N7/c1-23-10-19-14-15(17-9-18-16(14)23)22-20-8-12-7-6-11-4-2-3-5-13(11)21-12/h2-10H,1H3,(H,17,18,22)/b20-8-. The molecule has 3 heterocycles. The number of fused-ring (bicyclic) bond motifs is 2. The number of hydrazone groups is 1. The van der Waals surface area contributed by atoms with Gasteiger partial charge in [0, 0.05) is 12.4 Å². The van der Waals surface area contributed by atoms with Crippen LogP contribution in [0, 0.1) is 0 Å². The maximum atomic E-state index is 4.53. The number of anilines is 1. The van der Waals surface area contributed by atoms with Gasteiger partial charge in [-0.1, -0.05) is 24.3 Å². The summed E-state index contributed by atoms with van der Waals surface area (Å²) in [5, 5.41) is 5.30. The Morgan fingerprint density at radius 1 is 1.09 bits per heavy atom. The number of hydrogen-bond donors (Lipinski definition) is 1. The molecular weight excluding hydrogens is 290 g/mol. The zero-order chi connectivity index (χ0) is 15.6. The minimum atomic E-state index is 0.563. The highest BCUT2D eigenvalue weighted by molar-refractivity contribution is 5.86. The van der Waals surface area contributed by atoms with E-state index in [-0.39, 0.29) is 0 Å². The maximum Gasteiger partial charge on any atom is 0.177 e. The van der Waals surface area contributed by atoms with Crippen molar-refractivity contribution < 1.29 is 0 Å². The fourth-order valence-electron chi connectivity index (χ4n) is 2.34. The smallest absolute Gasteiger partial charge is 0.177 e. The number of nitrogens with one attached hydrogen (secondary N) is 1. The number of aromatic nitrogens is 5. The lowest BCUT2D eigenvalue weighted by molar-refractivity contribution is 0.928. The molecule has 0 saturated carbocycles. The summed E-state index contributed by atoms with van der Waals surface area (Å²) in [4.78, 5) is 17.2. The molecule has 1 N–H and O–H groups in total. The number of imidazole rings is 1. The number of benzene rings is 1. The lowest BCUT2D eigenvalue weighted by Crippen LogP contribution is -1.97. The summed E-state index contributed by atoms with van der Waals surface area (Å²) in [6, 6.07) is 11.9. The van der Waals surface area contributed by atoms with Crippen molar-refractivity contribution in [2.75, 3.05) is 5.43 Å². The van der Waals surface area contributed by atoms with Crippen LogP contribution in [0.4, 0.5) is 5.82 Å². The van der Waals surface area contributed by atoms with Gasteiger partial charge < -0.3 is 4.57 Å². The van der Waals surface area contributed by atoms with E-state index < -0.39 is 0 Å². The fraction of sp³-hybridized carbons (Fsp3) is 0.0625. The van der Waals surface area contributed by atoms with Crippen molar-refractivity contribution in [3.63, 3.8) is 0 Å². The first-order chi connectivity index (χ1) is 11.3. The minimum Gasteiger partial charge on any atom is -0.318 e.